The van der Waals surface area contributed by atoms with Gasteiger partial charge in [-0.25, -0.2) is 8.78 Å². The molecular weight excluding hydrogens is 328 g/mol. The molecule has 1 N–H and O–H groups in total. The highest BCUT2D eigenvalue weighted by atomic mass is 79.9. The summed E-state index contributed by atoms with van der Waals surface area (Å²) >= 11 is 3.39. The van der Waals surface area contributed by atoms with Crippen molar-refractivity contribution in [1.82, 2.24) is 5.32 Å². The van der Waals surface area contributed by atoms with Gasteiger partial charge in [0.05, 0.1) is 6.42 Å². The van der Waals surface area contributed by atoms with Crippen LogP contribution in [0, 0.1) is 17.0 Å². The van der Waals surface area contributed by atoms with Crippen molar-refractivity contribution < 1.29 is 13.6 Å². The Morgan fingerprint density at radius 3 is 2.60 bits per heavy atom. The van der Waals surface area contributed by atoms with Crippen LogP contribution in [0.4, 0.5) is 8.78 Å². The van der Waals surface area contributed by atoms with E-state index >= 15 is 0 Å². The van der Waals surface area contributed by atoms with Gasteiger partial charge in [-0.2, -0.15) is 0 Å². The molecule has 0 aliphatic carbocycles. The Balaban J connectivity index is 2.45. The van der Waals surface area contributed by atoms with Crippen molar-refractivity contribution in [2.75, 3.05) is 11.9 Å². The van der Waals surface area contributed by atoms with Crippen molar-refractivity contribution in [3.63, 3.8) is 0 Å². The van der Waals surface area contributed by atoms with E-state index in [4.69, 9.17) is 0 Å². The summed E-state index contributed by atoms with van der Waals surface area (Å²) in [7, 11) is 0. The van der Waals surface area contributed by atoms with E-state index in [0.29, 0.717) is 12.1 Å². The van der Waals surface area contributed by atoms with Crippen LogP contribution in [-0.2, 0) is 11.2 Å². The van der Waals surface area contributed by atoms with Crippen molar-refractivity contribution in [2.24, 2.45) is 5.41 Å². The second-order valence-electron chi connectivity index (χ2n) is 5.66. The Morgan fingerprint density at radius 2 is 2.00 bits per heavy atom. The molecule has 0 aliphatic rings. The monoisotopic (exact) mass is 347 g/mol. The Labute approximate surface area is 127 Å². The lowest BCUT2D eigenvalue weighted by atomic mass is 9.88. The lowest BCUT2D eigenvalue weighted by Crippen LogP contribution is -2.35. The Morgan fingerprint density at radius 1 is 1.30 bits per heavy atom. The van der Waals surface area contributed by atoms with Crippen molar-refractivity contribution in [3.05, 3.63) is 35.4 Å². The first-order valence-corrected chi connectivity index (χ1v) is 7.73. The average Bonchev–Trinajstić information content (AvgIpc) is 2.39. The molecule has 0 heterocycles. The van der Waals surface area contributed by atoms with Crippen LogP contribution in [0.25, 0.3) is 0 Å². The van der Waals surface area contributed by atoms with Crippen LogP contribution in [0.5, 0.6) is 0 Å². The maximum absolute atomic E-state index is 13.0. The molecule has 5 heteroatoms. The van der Waals surface area contributed by atoms with Crippen LogP contribution in [0.2, 0.25) is 0 Å². The molecule has 1 rings (SSSR count). The van der Waals surface area contributed by atoms with Crippen molar-refractivity contribution in [3.8, 4) is 0 Å². The van der Waals surface area contributed by atoms with Gasteiger partial charge in [0.15, 0.2) is 11.6 Å². The number of alkyl halides is 1. The van der Waals surface area contributed by atoms with Crippen molar-refractivity contribution >= 4 is 21.8 Å². The van der Waals surface area contributed by atoms with Gasteiger partial charge < -0.3 is 5.32 Å². The molecule has 0 radical (unpaired) electrons. The molecule has 1 aromatic rings. The topological polar surface area (TPSA) is 29.1 Å². The number of carbonyl (C=O) groups is 1. The summed E-state index contributed by atoms with van der Waals surface area (Å²) in [4.78, 5) is 11.8. The van der Waals surface area contributed by atoms with Crippen molar-refractivity contribution in [1.29, 1.82) is 0 Å². The molecule has 0 aromatic heterocycles. The minimum Gasteiger partial charge on any atom is -0.355 e. The van der Waals surface area contributed by atoms with Crippen LogP contribution in [-0.4, -0.2) is 17.8 Å². The zero-order chi connectivity index (χ0) is 15.2. The first kappa shape index (κ1) is 17.1. The summed E-state index contributed by atoms with van der Waals surface area (Å²) in [5.74, 6) is -2.00. The molecule has 0 atom stereocenters. The third kappa shape index (κ3) is 5.99. The molecule has 0 aliphatic heterocycles. The smallest absolute Gasteiger partial charge is 0.224 e. The van der Waals surface area contributed by atoms with E-state index in [1.54, 1.807) is 0 Å². The van der Waals surface area contributed by atoms with E-state index in [2.05, 4.69) is 35.1 Å². The fourth-order valence-corrected chi connectivity index (χ4v) is 2.15. The highest BCUT2D eigenvalue weighted by Gasteiger charge is 2.18. The first-order chi connectivity index (χ1) is 9.34. The van der Waals surface area contributed by atoms with E-state index in [9.17, 15) is 13.6 Å². The second-order valence-corrected chi connectivity index (χ2v) is 6.45. The van der Waals surface area contributed by atoms with Crippen molar-refractivity contribution in [2.45, 2.75) is 33.1 Å². The van der Waals surface area contributed by atoms with E-state index in [1.165, 1.54) is 6.07 Å². The van der Waals surface area contributed by atoms with Gasteiger partial charge >= 0.3 is 0 Å². The number of halogens is 3. The number of rotatable bonds is 7. The molecular formula is C15H20BrF2NO. The Kier molecular flexibility index (Phi) is 6.59. The van der Waals surface area contributed by atoms with Gasteiger partial charge in [-0.1, -0.05) is 35.8 Å². The maximum Gasteiger partial charge on any atom is 0.224 e. The van der Waals surface area contributed by atoms with Crippen LogP contribution < -0.4 is 5.32 Å². The molecule has 0 unspecified atom stereocenters. The lowest BCUT2D eigenvalue weighted by Gasteiger charge is -2.24. The minimum atomic E-state index is -0.923. The molecule has 1 amide bonds. The van der Waals surface area contributed by atoms with E-state index in [0.717, 1.165) is 30.3 Å². The molecule has 0 fully saturated rings. The number of benzene rings is 1. The SMILES string of the molecule is CC(C)(CCCBr)CNC(=O)Cc1ccc(F)c(F)c1. The van der Waals surface area contributed by atoms with Gasteiger partial charge in [-0.15, -0.1) is 0 Å². The molecule has 2 nitrogen and oxygen atoms in total. The quantitative estimate of drug-likeness (QED) is 0.746. The largest absolute Gasteiger partial charge is 0.355 e. The standard InChI is InChI=1S/C15H20BrF2NO/c1-15(2,6-3-7-16)10-19-14(20)9-11-4-5-12(17)13(18)8-11/h4-5,8H,3,6-7,9-10H2,1-2H3,(H,19,20). The van der Waals surface area contributed by atoms with Gasteiger partial charge in [0.1, 0.15) is 0 Å². The summed E-state index contributed by atoms with van der Waals surface area (Å²) in [6.45, 7) is 4.75. The fourth-order valence-electron chi connectivity index (χ4n) is 1.87. The highest BCUT2D eigenvalue weighted by Crippen LogP contribution is 2.21. The number of nitrogens with one attached hydrogen (secondary N) is 1. The third-order valence-corrected chi connectivity index (χ3v) is 3.66. The zero-order valence-electron chi connectivity index (χ0n) is 11.8. The van der Waals surface area contributed by atoms with E-state index in [-0.39, 0.29) is 17.7 Å². The van der Waals surface area contributed by atoms with Crippen LogP contribution in [0.15, 0.2) is 18.2 Å². The van der Waals surface area contributed by atoms with Crippen LogP contribution in [0.3, 0.4) is 0 Å². The highest BCUT2D eigenvalue weighted by molar-refractivity contribution is 9.09. The van der Waals surface area contributed by atoms with Gasteiger partial charge in [-0.3, -0.25) is 4.79 Å². The van der Waals surface area contributed by atoms with Gasteiger partial charge in [0.2, 0.25) is 5.91 Å². The number of hydrogen-bond donors (Lipinski definition) is 1. The molecule has 0 spiro atoms. The average molecular weight is 348 g/mol. The summed E-state index contributed by atoms with van der Waals surface area (Å²) in [6, 6.07) is 3.52. The molecule has 0 saturated heterocycles. The van der Waals surface area contributed by atoms with Crippen LogP contribution >= 0.6 is 15.9 Å². The van der Waals surface area contributed by atoms with Crippen LogP contribution in [0.1, 0.15) is 32.3 Å². The predicted octanol–water partition coefficient (Wildman–Crippen LogP) is 3.82. The molecule has 0 saturated carbocycles. The Bertz CT molecular complexity index is 463. The zero-order valence-corrected chi connectivity index (χ0v) is 13.4. The number of carbonyl (C=O) groups excluding carboxylic acids is 1. The molecule has 1 aromatic carbocycles. The molecule has 0 bridgehead atoms. The summed E-state index contributed by atoms with van der Waals surface area (Å²) < 4.78 is 25.8. The normalized spacial score (nSPS) is 11.4. The predicted molar refractivity (Wildman–Crippen MR) is 79.9 cm³/mol. The molecule has 20 heavy (non-hydrogen) atoms. The van der Waals surface area contributed by atoms with Gasteiger partial charge in [-0.05, 0) is 36.0 Å². The maximum atomic E-state index is 13.0. The minimum absolute atomic E-state index is 0.0253. The molecule has 112 valence electrons. The van der Waals surface area contributed by atoms with E-state index < -0.39 is 11.6 Å². The summed E-state index contributed by atoms with van der Waals surface area (Å²) in [5.41, 5.74) is 0.497. The second kappa shape index (κ2) is 7.72. The number of amides is 1. The van der Waals surface area contributed by atoms with Gasteiger partial charge in [0.25, 0.3) is 0 Å². The number of hydrogen-bond acceptors (Lipinski definition) is 1. The summed E-state index contributed by atoms with van der Waals surface area (Å²) in [5, 5.41) is 3.79. The third-order valence-electron chi connectivity index (χ3n) is 3.10. The Hall–Kier alpha value is -0.970. The van der Waals surface area contributed by atoms with E-state index in [1.807, 2.05) is 0 Å². The summed E-state index contributed by atoms with van der Waals surface area (Å²) in [6.07, 6.45) is 2.11. The lowest BCUT2D eigenvalue weighted by molar-refractivity contribution is -0.120. The van der Waals surface area contributed by atoms with Gasteiger partial charge in [0, 0.05) is 11.9 Å². The first-order valence-electron chi connectivity index (χ1n) is 6.61. The fraction of sp³-hybridized carbons (Fsp3) is 0.533.